The number of hydrogen-bond donors (Lipinski definition) is 0. The number of likely N-dealkylation sites (N-methyl/N-ethyl adjacent to an activating group) is 1. The number of piperidine rings is 1. The Bertz CT molecular complexity index is 925. The molecule has 0 N–H and O–H groups in total. The molecular weight excluding hydrogens is 420 g/mol. The lowest BCUT2D eigenvalue weighted by Gasteiger charge is -2.32. The van der Waals surface area contributed by atoms with Crippen molar-refractivity contribution < 1.29 is 23.5 Å². The molecule has 0 saturated carbocycles. The molecule has 2 amide bonds. The van der Waals surface area contributed by atoms with Crippen LogP contribution in [0.2, 0.25) is 0 Å². The molecule has 1 aliphatic heterocycles. The summed E-state index contributed by atoms with van der Waals surface area (Å²) in [6.45, 7) is 2.92. The Kier molecular flexibility index (Phi) is 7.78. The molecule has 9 nitrogen and oxygen atoms in total. The van der Waals surface area contributed by atoms with E-state index in [2.05, 4.69) is 4.98 Å². The van der Waals surface area contributed by atoms with Crippen LogP contribution in [-0.2, 0) is 27.1 Å². The smallest absolute Gasteiger partial charge is 0.310 e. The normalized spacial score (nSPS) is 16.2. The van der Waals surface area contributed by atoms with Crippen molar-refractivity contribution in [3.8, 4) is 0 Å². The Morgan fingerprint density at radius 1 is 1.35 bits per heavy atom. The van der Waals surface area contributed by atoms with Crippen molar-refractivity contribution in [1.82, 2.24) is 19.4 Å². The second-order valence-electron chi connectivity index (χ2n) is 7.47. The summed E-state index contributed by atoms with van der Waals surface area (Å²) in [6.07, 6.45) is 5.04. The summed E-state index contributed by atoms with van der Waals surface area (Å²) in [6, 6.07) is 3.38. The van der Waals surface area contributed by atoms with Gasteiger partial charge < -0.3 is 23.5 Å². The van der Waals surface area contributed by atoms with Gasteiger partial charge in [-0.3, -0.25) is 14.4 Å². The van der Waals surface area contributed by atoms with Crippen LogP contribution >= 0.6 is 11.8 Å². The van der Waals surface area contributed by atoms with E-state index in [-0.39, 0.29) is 36.0 Å². The second kappa shape index (κ2) is 10.5. The minimum Gasteiger partial charge on any atom is -0.466 e. The number of aryl methyl sites for hydroxylation is 1. The van der Waals surface area contributed by atoms with E-state index in [1.807, 2.05) is 17.8 Å². The quantitative estimate of drug-likeness (QED) is 0.451. The van der Waals surface area contributed by atoms with Gasteiger partial charge in [0.05, 0.1) is 24.8 Å². The van der Waals surface area contributed by atoms with Crippen molar-refractivity contribution in [3.63, 3.8) is 0 Å². The molecule has 3 heterocycles. The summed E-state index contributed by atoms with van der Waals surface area (Å²) < 4.78 is 12.7. The topological polar surface area (TPSA) is 97.9 Å². The number of ether oxygens (including phenoxy) is 1. The lowest BCUT2D eigenvalue weighted by Crippen LogP contribution is -2.47. The van der Waals surface area contributed by atoms with Crippen LogP contribution in [0, 0.1) is 5.92 Å². The van der Waals surface area contributed by atoms with Crippen molar-refractivity contribution in [3.05, 3.63) is 36.0 Å². The molecule has 1 aliphatic rings. The predicted octanol–water partition coefficient (Wildman–Crippen LogP) is 2.18. The van der Waals surface area contributed by atoms with Crippen LogP contribution in [0.1, 0.15) is 36.1 Å². The minimum absolute atomic E-state index is 0.0770. The lowest BCUT2D eigenvalue weighted by atomic mass is 9.98. The van der Waals surface area contributed by atoms with Gasteiger partial charge in [0.15, 0.2) is 10.9 Å². The van der Waals surface area contributed by atoms with Crippen LogP contribution in [0.4, 0.5) is 0 Å². The maximum Gasteiger partial charge on any atom is 0.310 e. The van der Waals surface area contributed by atoms with Crippen molar-refractivity contribution in [1.29, 1.82) is 0 Å². The van der Waals surface area contributed by atoms with Gasteiger partial charge in [0.25, 0.3) is 5.91 Å². The number of nitrogens with zero attached hydrogens (tertiary/aromatic N) is 4. The number of furan rings is 1. The van der Waals surface area contributed by atoms with Gasteiger partial charge in [-0.25, -0.2) is 4.98 Å². The van der Waals surface area contributed by atoms with E-state index in [0.717, 1.165) is 11.6 Å². The standard InChI is InChI=1S/C21H28N4O5S/c1-4-29-20(28)15-6-5-10-25(12-15)18(26)13-24(3)19(27)17-8-7-16(30-17)14-31-21-22-9-11-23(21)2/h7-9,11,15H,4-6,10,12-14H2,1-3H3. The first-order valence-corrected chi connectivity index (χ1v) is 11.3. The van der Waals surface area contributed by atoms with Crippen LogP contribution in [-0.4, -0.2) is 70.4 Å². The molecule has 0 bridgehead atoms. The van der Waals surface area contributed by atoms with Gasteiger partial charge in [0.1, 0.15) is 5.76 Å². The third kappa shape index (κ3) is 5.90. The predicted molar refractivity (Wildman–Crippen MR) is 114 cm³/mol. The Morgan fingerprint density at radius 2 is 2.16 bits per heavy atom. The Labute approximate surface area is 185 Å². The number of carbonyl (C=O) groups excluding carboxylic acids is 3. The molecule has 1 saturated heterocycles. The fourth-order valence-electron chi connectivity index (χ4n) is 3.42. The van der Waals surface area contributed by atoms with Crippen LogP contribution in [0.3, 0.4) is 0 Å². The number of thioether (sulfide) groups is 1. The molecule has 1 atom stereocenters. The van der Waals surface area contributed by atoms with Crippen LogP contribution in [0.5, 0.6) is 0 Å². The maximum absolute atomic E-state index is 12.7. The highest BCUT2D eigenvalue weighted by molar-refractivity contribution is 7.98. The molecule has 0 aromatic carbocycles. The van der Waals surface area contributed by atoms with Gasteiger partial charge >= 0.3 is 5.97 Å². The van der Waals surface area contributed by atoms with Crippen molar-refractivity contribution in [2.45, 2.75) is 30.7 Å². The first-order chi connectivity index (χ1) is 14.9. The third-order valence-corrected chi connectivity index (χ3v) is 6.19. The zero-order valence-electron chi connectivity index (χ0n) is 18.1. The number of esters is 1. The zero-order valence-corrected chi connectivity index (χ0v) is 18.9. The molecule has 3 rings (SSSR count). The average Bonchev–Trinajstić information content (AvgIpc) is 3.40. The van der Waals surface area contributed by atoms with Gasteiger partial charge in [0.2, 0.25) is 5.91 Å². The highest BCUT2D eigenvalue weighted by Gasteiger charge is 2.30. The van der Waals surface area contributed by atoms with E-state index in [0.29, 0.717) is 37.6 Å². The van der Waals surface area contributed by atoms with Gasteiger partial charge in [-0.15, -0.1) is 0 Å². The molecule has 0 spiro atoms. The van der Waals surface area contributed by atoms with Gasteiger partial charge in [-0.2, -0.15) is 0 Å². The Morgan fingerprint density at radius 3 is 2.87 bits per heavy atom. The second-order valence-corrected chi connectivity index (χ2v) is 8.41. The number of hydrogen-bond acceptors (Lipinski definition) is 7. The lowest BCUT2D eigenvalue weighted by molar-refractivity contribution is -0.151. The van der Waals surface area contributed by atoms with Crippen LogP contribution in [0.25, 0.3) is 0 Å². The third-order valence-electron chi connectivity index (χ3n) is 5.11. The van der Waals surface area contributed by atoms with Crippen LogP contribution in [0.15, 0.2) is 34.1 Å². The van der Waals surface area contributed by atoms with Gasteiger partial charge in [-0.1, -0.05) is 11.8 Å². The van der Waals surface area contributed by atoms with E-state index in [1.54, 1.807) is 37.2 Å². The first-order valence-electron chi connectivity index (χ1n) is 10.3. The maximum atomic E-state index is 12.7. The molecule has 31 heavy (non-hydrogen) atoms. The molecular formula is C21H28N4O5S. The molecule has 1 unspecified atom stereocenters. The molecule has 168 valence electrons. The largest absolute Gasteiger partial charge is 0.466 e. The number of imidazole rings is 1. The molecule has 1 fully saturated rings. The van der Waals surface area contributed by atoms with Crippen molar-refractivity contribution in [2.24, 2.45) is 13.0 Å². The number of likely N-dealkylation sites (tertiary alicyclic amines) is 1. The number of rotatable bonds is 8. The minimum atomic E-state index is -0.361. The molecule has 0 aliphatic carbocycles. The highest BCUT2D eigenvalue weighted by atomic mass is 32.2. The number of amides is 2. The van der Waals surface area contributed by atoms with E-state index in [9.17, 15) is 14.4 Å². The van der Waals surface area contributed by atoms with E-state index >= 15 is 0 Å². The fraction of sp³-hybridized carbons (Fsp3) is 0.524. The summed E-state index contributed by atoms with van der Waals surface area (Å²) in [7, 11) is 3.48. The van der Waals surface area contributed by atoms with E-state index in [1.165, 1.54) is 16.7 Å². The zero-order chi connectivity index (χ0) is 22.4. The monoisotopic (exact) mass is 448 g/mol. The number of aromatic nitrogens is 2. The van der Waals surface area contributed by atoms with Crippen molar-refractivity contribution in [2.75, 3.05) is 33.3 Å². The van der Waals surface area contributed by atoms with E-state index in [4.69, 9.17) is 9.15 Å². The SMILES string of the molecule is CCOC(=O)C1CCCN(C(=O)CN(C)C(=O)c2ccc(CSc3nccn3C)o2)C1. The molecule has 0 radical (unpaired) electrons. The molecule has 2 aromatic rings. The van der Waals surface area contributed by atoms with Gasteiger partial charge in [-0.05, 0) is 31.9 Å². The highest BCUT2D eigenvalue weighted by Crippen LogP contribution is 2.22. The average molecular weight is 449 g/mol. The summed E-state index contributed by atoms with van der Waals surface area (Å²) >= 11 is 1.51. The number of carbonyl (C=O) groups is 3. The summed E-state index contributed by atoms with van der Waals surface area (Å²) in [5.74, 6) is 0.267. The fourth-order valence-corrected chi connectivity index (χ4v) is 4.24. The Balaban J connectivity index is 1.52. The Hall–Kier alpha value is -2.75. The summed E-state index contributed by atoms with van der Waals surface area (Å²) in [5.41, 5.74) is 0. The summed E-state index contributed by atoms with van der Waals surface area (Å²) in [4.78, 5) is 44.6. The molecule has 2 aromatic heterocycles. The van der Waals surface area contributed by atoms with E-state index < -0.39 is 0 Å². The van der Waals surface area contributed by atoms with Crippen LogP contribution < -0.4 is 0 Å². The first kappa shape index (κ1) is 22.9. The molecule has 10 heteroatoms. The summed E-state index contributed by atoms with van der Waals surface area (Å²) in [5, 5.41) is 0.856. The van der Waals surface area contributed by atoms with Crippen molar-refractivity contribution >= 4 is 29.5 Å². The van der Waals surface area contributed by atoms with Gasteiger partial charge in [0, 0.05) is 39.6 Å².